The predicted octanol–water partition coefficient (Wildman–Crippen LogP) is -0.0515. The van der Waals surface area contributed by atoms with Crippen LogP contribution in [0.5, 0.6) is 0 Å². The molecule has 10 heavy (non-hydrogen) atoms. The largest absolute Gasteiger partial charge is 0.388 e. The Balaban J connectivity index is 2.09. The van der Waals surface area contributed by atoms with Gasteiger partial charge in [0.05, 0.1) is 17.1 Å². The Bertz CT molecular complexity index is 125. The summed E-state index contributed by atoms with van der Waals surface area (Å²) >= 11 is 2.30. The summed E-state index contributed by atoms with van der Waals surface area (Å²) in [5.41, 5.74) is 0. The van der Waals surface area contributed by atoms with Crippen molar-refractivity contribution in [3.05, 3.63) is 0 Å². The summed E-state index contributed by atoms with van der Waals surface area (Å²) in [7, 11) is 0. The number of aliphatic hydroxyl groups excluding tert-OH is 1. The molecule has 1 N–H and O–H groups in total. The molecular formula is C6H9IO3. The number of halogens is 1. The first kappa shape index (κ1) is 7.27. The Hall–Kier alpha value is 0.610. The number of rotatable bonds is 0. The van der Waals surface area contributed by atoms with Crippen LogP contribution < -0.4 is 0 Å². The molecule has 0 amide bonds. The van der Waals surface area contributed by atoms with Crippen molar-refractivity contribution in [1.82, 2.24) is 0 Å². The number of fused-ring (bicyclic) bond motifs is 1. The van der Waals surface area contributed by atoms with Crippen LogP contribution in [0.2, 0.25) is 0 Å². The number of hydrogen-bond donors (Lipinski definition) is 1. The van der Waals surface area contributed by atoms with Crippen molar-refractivity contribution in [2.75, 3.05) is 13.2 Å². The van der Waals surface area contributed by atoms with Gasteiger partial charge >= 0.3 is 0 Å². The highest BCUT2D eigenvalue weighted by molar-refractivity contribution is 14.1. The van der Waals surface area contributed by atoms with E-state index < -0.39 is 6.10 Å². The molecule has 0 aliphatic carbocycles. The molecule has 2 saturated heterocycles. The van der Waals surface area contributed by atoms with Gasteiger partial charge in [0.2, 0.25) is 0 Å². The lowest BCUT2D eigenvalue weighted by molar-refractivity contribution is 0.0189. The van der Waals surface area contributed by atoms with Gasteiger partial charge in [-0.25, -0.2) is 0 Å². The number of hydrogen-bond acceptors (Lipinski definition) is 3. The average Bonchev–Trinajstić information content (AvgIpc) is 2.41. The highest BCUT2D eigenvalue weighted by Gasteiger charge is 2.45. The van der Waals surface area contributed by atoms with Crippen molar-refractivity contribution >= 4 is 22.6 Å². The van der Waals surface area contributed by atoms with Gasteiger partial charge in [-0.2, -0.15) is 0 Å². The Morgan fingerprint density at radius 2 is 1.90 bits per heavy atom. The van der Waals surface area contributed by atoms with Crippen molar-refractivity contribution in [3.8, 4) is 0 Å². The first-order valence-electron chi connectivity index (χ1n) is 3.34. The summed E-state index contributed by atoms with van der Waals surface area (Å²) in [6.45, 7) is 1.15. The minimum absolute atomic E-state index is 0.0538. The molecule has 58 valence electrons. The summed E-state index contributed by atoms with van der Waals surface area (Å²) in [4.78, 5) is 0. The zero-order chi connectivity index (χ0) is 7.14. The van der Waals surface area contributed by atoms with Gasteiger partial charge in [0.25, 0.3) is 0 Å². The fraction of sp³-hybridized carbons (Fsp3) is 1.00. The molecule has 0 aromatic carbocycles. The fourth-order valence-corrected chi connectivity index (χ4v) is 2.26. The second-order valence-corrected chi connectivity index (χ2v) is 4.28. The molecule has 2 aliphatic rings. The van der Waals surface area contributed by atoms with E-state index in [4.69, 9.17) is 9.47 Å². The quantitative estimate of drug-likeness (QED) is 0.488. The second kappa shape index (κ2) is 2.58. The molecule has 0 bridgehead atoms. The molecule has 3 nitrogen and oxygen atoms in total. The monoisotopic (exact) mass is 256 g/mol. The van der Waals surface area contributed by atoms with Gasteiger partial charge in [-0.05, 0) is 0 Å². The molecule has 2 aliphatic heterocycles. The highest BCUT2D eigenvalue weighted by Crippen LogP contribution is 2.30. The molecular weight excluding hydrogens is 247 g/mol. The zero-order valence-corrected chi connectivity index (χ0v) is 7.52. The Kier molecular flexibility index (Phi) is 1.88. The summed E-state index contributed by atoms with van der Waals surface area (Å²) in [5.74, 6) is 0. The van der Waals surface area contributed by atoms with Crippen LogP contribution in [0.25, 0.3) is 0 Å². The third kappa shape index (κ3) is 0.975. The molecule has 0 radical (unpaired) electrons. The van der Waals surface area contributed by atoms with Crippen molar-refractivity contribution in [1.29, 1.82) is 0 Å². The summed E-state index contributed by atoms with van der Waals surface area (Å²) < 4.78 is 11.1. The van der Waals surface area contributed by atoms with E-state index >= 15 is 0 Å². The van der Waals surface area contributed by atoms with Gasteiger partial charge in [-0.15, -0.1) is 0 Å². The fourth-order valence-electron chi connectivity index (χ4n) is 1.43. The summed E-state index contributed by atoms with van der Waals surface area (Å²) in [6, 6.07) is 0. The minimum atomic E-state index is -0.398. The lowest BCUT2D eigenvalue weighted by Gasteiger charge is -2.09. The van der Waals surface area contributed by atoms with Crippen LogP contribution in [0.15, 0.2) is 0 Å². The first-order valence-corrected chi connectivity index (χ1v) is 4.59. The molecule has 2 rings (SSSR count). The normalized spacial score (nSPS) is 53.4. The first-order chi connectivity index (χ1) is 4.79. The molecule has 4 heteroatoms. The molecule has 0 spiro atoms. The van der Waals surface area contributed by atoms with Crippen LogP contribution in [0.4, 0.5) is 0 Å². The minimum Gasteiger partial charge on any atom is -0.388 e. The lowest BCUT2D eigenvalue weighted by Crippen LogP contribution is -2.28. The SMILES string of the molecule is O[C@@H]1CO[C@H]2[C@@H]1OC[C@H]2I. The third-order valence-corrected chi connectivity index (χ3v) is 3.04. The molecule has 2 fully saturated rings. The highest BCUT2D eigenvalue weighted by atomic mass is 127. The molecule has 0 aromatic heterocycles. The van der Waals surface area contributed by atoms with Crippen LogP contribution in [0.3, 0.4) is 0 Å². The van der Waals surface area contributed by atoms with E-state index in [9.17, 15) is 5.11 Å². The average molecular weight is 256 g/mol. The summed E-state index contributed by atoms with van der Waals surface area (Å²) in [6.07, 6.45) is -0.317. The van der Waals surface area contributed by atoms with Crippen molar-refractivity contribution in [2.24, 2.45) is 0 Å². The summed E-state index contributed by atoms with van der Waals surface area (Å²) in [5, 5.41) is 9.26. The third-order valence-electron chi connectivity index (χ3n) is 1.97. The maximum absolute atomic E-state index is 9.26. The smallest absolute Gasteiger partial charge is 0.113 e. The molecule has 4 atom stereocenters. The zero-order valence-electron chi connectivity index (χ0n) is 5.37. The molecule has 0 unspecified atom stereocenters. The van der Waals surface area contributed by atoms with Crippen molar-refractivity contribution in [3.63, 3.8) is 0 Å². The lowest BCUT2D eigenvalue weighted by atomic mass is 10.1. The van der Waals surface area contributed by atoms with Gasteiger partial charge in [-0.3, -0.25) is 0 Å². The van der Waals surface area contributed by atoms with E-state index in [2.05, 4.69) is 22.6 Å². The Labute approximate surface area is 72.8 Å². The van der Waals surface area contributed by atoms with Gasteiger partial charge in [0, 0.05) is 0 Å². The standard InChI is InChI=1S/C6H9IO3/c7-3-1-9-6-4(8)2-10-5(3)6/h3-6,8H,1-2H2/t3-,4-,5-,6-/m1/s1. The molecule has 0 aromatic rings. The number of aliphatic hydroxyl groups is 1. The maximum atomic E-state index is 9.26. The van der Waals surface area contributed by atoms with Crippen LogP contribution in [-0.2, 0) is 9.47 Å². The van der Waals surface area contributed by atoms with Gasteiger partial charge in [0.1, 0.15) is 18.3 Å². The van der Waals surface area contributed by atoms with E-state index in [0.29, 0.717) is 17.1 Å². The number of ether oxygens (including phenoxy) is 2. The van der Waals surface area contributed by atoms with Crippen molar-refractivity contribution in [2.45, 2.75) is 22.2 Å². The van der Waals surface area contributed by atoms with Crippen LogP contribution >= 0.6 is 22.6 Å². The van der Waals surface area contributed by atoms with Crippen LogP contribution in [0, 0.1) is 0 Å². The Morgan fingerprint density at radius 1 is 1.20 bits per heavy atom. The van der Waals surface area contributed by atoms with E-state index in [1.54, 1.807) is 0 Å². The van der Waals surface area contributed by atoms with E-state index in [0.717, 1.165) is 0 Å². The van der Waals surface area contributed by atoms with Crippen LogP contribution in [-0.4, -0.2) is 40.6 Å². The van der Waals surface area contributed by atoms with E-state index in [1.807, 2.05) is 0 Å². The van der Waals surface area contributed by atoms with Gasteiger partial charge in [0.15, 0.2) is 0 Å². The predicted molar refractivity (Wildman–Crippen MR) is 43.3 cm³/mol. The van der Waals surface area contributed by atoms with E-state index in [1.165, 1.54) is 0 Å². The van der Waals surface area contributed by atoms with Crippen molar-refractivity contribution < 1.29 is 14.6 Å². The topological polar surface area (TPSA) is 38.7 Å². The van der Waals surface area contributed by atoms with E-state index in [-0.39, 0.29) is 12.2 Å². The van der Waals surface area contributed by atoms with Crippen LogP contribution in [0.1, 0.15) is 0 Å². The molecule has 0 saturated carbocycles. The Morgan fingerprint density at radius 3 is 2.60 bits per heavy atom. The maximum Gasteiger partial charge on any atom is 0.113 e. The second-order valence-electron chi connectivity index (χ2n) is 2.68. The number of alkyl halides is 1. The van der Waals surface area contributed by atoms with Gasteiger partial charge < -0.3 is 14.6 Å². The van der Waals surface area contributed by atoms with Gasteiger partial charge in [-0.1, -0.05) is 22.6 Å². The molecule has 2 heterocycles.